The molecule has 7 heteroatoms. The molecule has 0 aliphatic rings. The number of urea groups is 1. The lowest BCUT2D eigenvalue weighted by atomic mass is 10.1. The lowest BCUT2D eigenvalue weighted by Gasteiger charge is -2.23. The van der Waals surface area contributed by atoms with Gasteiger partial charge in [-0.2, -0.15) is 5.10 Å². The normalized spacial score (nSPS) is 14.1. The Hall–Kier alpha value is -2.05. The summed E-state index contributed by atoms with van der Waals surface area (Å²) in [5.74, 6) is 0.383. The molecule has 0 bridgehead atoms. The molecule has 0 saturated heterocycles. The molecule has 0 spiro atoms. The average molecular weight is 309 g/mol. The predicted octanol–water partition coefficient (Wildman–Crippen LogP) is 2.28. The third kappa shape index (κ3) is 5.38. The fourth-order valence-corrected chi connectivity index (χ4v) is 1.83. The quantitative estimate of drug-likeness (QED) is 0.779. The van der Waals surface area contributed by atoms with E-state index in [-0.39, 0.29) is 17.5 Å². The predicted molar refractivity (Wildman–Crippen MR) is 86.7 cm³/mol. The van der Waals surface area contributed by atoms with Crippen molar-refractivity contribution in [2.24, 2.45) is 0 Å². The molecule has 2 unspecified atom stereocenters. The second kappa shape index (κ2) is 7.29. The van der Waals surface area contributed by atoms with Crippen molar-refractivity contribution in [2.75, 3.05) is 5.32 Å². The van der Waals surface area contributed by atoms with E-state index in [9.17, 15) is 9.59 Å². The van der Waals surface area contributed by atoms with Crippen molar-refractivity contribution >= 4 is 17.8 Å². The fraction of sp³-hybridized carbons (Fsp3) is 0.667. The number of aromatic nitrogens is 2. The second-order valence-corrected chi connectivity index (χ2v) is 6.48. The fourth-order valence-electron chi connectivity index (χ4n) is 1.83. The molecule has 1 aromatic rings. The topological polar surface area (TPSA) is 88.1 Å². The SMILES string of the molecule is CCC(C)n1nccc1NC(=O)NC(C)C(=O)NC(C)(C)C. The number of rotatable bonds is 5. The van der Waals surface area contributed by atoms with Crippen molar-refractivity contribution in [3.05, 3.63) is 12.3 Å². The molecule has 1 rings (SSSR count). The van der Waals surface area contributed by atoms with Gasteiger partial charge in [0.1, 0.15) is 11.9 Å². The van der Waals surface area contributed by atoms with Gasteiger partial charge < -0.3 is 10.6 Å². The molecule has 124 valence electrons. The summed E-state index contributed by atoms with van der Waals surface area (Å²) in [5, 5.41) is 12.4. The van der Waals surface area contributed by atoms with Crippen LogP contribution in [0.1, 0.15) is 54.0 Å². The summed E-state index contributed by atoms with van der Waals surface area (Å²) in [6.07, 6.45) is 2.54. The minimum atomic E-state index is -0.626. The maximum absolute atomic E-state index is 12.0. The Morgan fingerprint density at radius 2 is 1.95 bits per heavy atom. The van der Waals surface area contributed by atoms with E-state index in [4.69, 9.17) is 0 Å². The Bertz CT molecular complexity index is 518. The van der Waals surface area contributed by atoms with Crippen LogP contribution in [-0.2, 0) is 4.79 Å². The van der Waals surface area contributed by atoms with Crippen molar-refractivity contribution in [2.45, 2.75) is 65.6 Å². The van der Waals surface area contributed by atoms with E-state index >= 15 is 0 Å². The molecule has 7 nitrogen and oxygen atoms in total. The van der Waals surface area contributed by atoms with Crippen LogP contribution >= 0.6 is 0 Å². The average Bonchev–Trinajstić information content (AvgIpc) is 2.83. The first kappa shape index (κ1) is 18.0. The van der Waals surface area contributed by atoms with Gasteiger partial charge >= 0.3 is 6.03 Å². The van der Waals surface area contributed by atoms with Gasteiger partial charge in [-0.15, -0.1) is 0 Å². The zero-order valence-electron chi connectivity index (χ0n) is 14.2. The highest BCUT2D eigenvalue weighted by Crippen LogP contribution is 2.16. The lowest BCUT2D eigenvalue weighted by Crippen LogP contribution is -2.51. The van der Waals surface area contributed by atoms with Crippen molar-refractivity contribution in [3.8, 4) is 0 Å². The third-order valence-electron chi connectivity index (χ3n) is 3.16. The van der Waals surface area contributed by atoms with Gasteiger partial charge in [0.05, 0.1) is 12.2 Å². The van der Waals surface area contributed by atoms with E-state index in [1.165, 1.54) is 0 Å². The Morgan fingerprint density at radius 1 is 1.32 bits per heavy atom. The smallest absolute Gasteiger partial charge is 0.321 e. The van der Waals surface area contributed by atoms with Crippen LogP contribution in [0.4, 0.5) is 10.6 Å². The number of anilines is 1. The van der Waals surface area contributed by atoms with Gasteiger partial charge in [0.25, 0.3) is 0 Å². The first-order chi connectivity index (χ1) is 10.1. The van der Waals surface area contributed by atoms with Crippen LogP contribution in [0.5, 0.6) is 0 Å². The highest BCUT2D eigenvalue weighted by molar-refractivity contribution is 5.93. The van der Waals surface area contributed by atoms with Crippen LogP contribution in [0.2, 0.25) is 0 Å². The molecular weight excluding hydrogens is 282 g/mol. The summed E-state index contributed by atoms with van der Waals surface area (Å²) in [5.41, 5.74) is -0.335. The Labute approximate surface area is 131 Å². The van der Waals surface area contributed by atoms with E-state index in [0.29, 0.717) is 5.82 Å². The standard InChI is InChI=1S/C15H27N5O2/c1-7-10(2)20-12(8-9-16-20)18-14(22)17-11(3)13(21)19-15(4,5)6/h8-11H,7H2,1-6H3,(H,19,21)(H2,17,18,22). The molecule has 0 radical (unpaired) electrons. The summed E-state index contributed by atoms with van der Waals surface area (Å²) in [4.78, 5) is 24.0. The molecule has 22 heavy (non-hydrogen) atoms. The first-order valence-corrected chi connectivity index (χ1v) is 7.57. The number of hydrogen-bond donors (Lipinski definition) is 3. The number of hydrogen-bond acceptors (Lipinski definition) is 3. The highest BCUT2D eigenvalue weighted by Gasteiger charge is 2.21. The number of amides is 3. The van der Waals surface area contributed by atoms with Gasteiger partial charge in [-0.05, 0) is 41.0 Å². The zero-order valence-corrected chi connectivity index (χ0v) is 14.2. The maximum atomic E-state index is 12.0. The van der Waals surface area contributed by atoms with Crippen molar-refractivity contribution < 1.29 is 9.59 Å². The molecule has 0 aromatic carbocycles. The minimum Gasteiger partial charge on any atom is -0.350 e. The van der Waals surface area contributed by atoms with E-state index in [1.807, 2.05) is 27.7 Å². The first-order valence-electron chi connectivity index (χ1n) is 7.57. The van der Waals surface area contributed by atoms with Crippen LogP contribution in [0.25, 0.3) is 0 Å². The molecule has 3 amide bonds. The molecule has 0 aliphatic carbocycles. The number of carbonyl (C=O) groups is 2. The van der Waals surface area contributed by atoms with Gasteiger partial charge in [-0.25, -0.2) is 9.48 Å². The summed E-state index contributed by atoms with van der Waals surface area (Å²) in [6.45, 7) is 11.4. The van der Waals surface area contributed by atoms with E-state index in [0.717, 1.165) is 6.42 Å². The van der Waals surface area contributed by atoms with E-state index in [2.05, 4.69) is 28.0 Å². The monoisotopic (exact) mass is 309 g/mol. The molecule has 0 saturated carbocycles. The summed E-state index contributed by atoms with van der Waals surface area (Å²) >= 11 is 0. The minimum absolute atomic E-state index is 0.187. The van der Waals surface area contributed by atoms with Gasteiger partial charge in [0.2, 0.25) is 5.91 Å². The Morgan fingerprint density at radius 3 is 2.50 bits per heavy atom. The zero-order chi connectivity index (χ0) is 16.9. The van der Waals surface area contributed by atoms with Crippen LogP contribution in [0.3, 0.4) is 0 Å². The molecule has 1 aromatic heterocycles. The molecule has 0 fully saturated rings. The van der Waals surface area contributed by atoms with Crippen molar-refractivity contribution in [3.63, 3.8) is 0 Å². The van der Waals surface area contributed by atoms with Crippen molar-refractivity contribution in [1.82, 2.24) is 20.4 Å². The molecular formula is C15H27N5O2. The molecule has 3 N–H and O–H groups in total. The molecule has 2 atom stereocenters. The lowest BCUT2D eigenvalue weighted by molar-refractivity contribution is -0.123. The van der Waals surface area contributed by atoms with Crippen LogP contribution in [-0.4, -0.2) is 33.3 Å². The number of nitrogens with one attached hydrogen (secondary N) is 3. The number of carbonyl (C=O) groups excluding carboxylic acids is 2. The summed E-state index contributed by atoms with van der Waals surface area (Å²) < 4.78 is 1.75. The van der Waals surface area contributed by atoms with E-state index in [1.54, 1.807) is 23.9 Å². The van der Waals surface area contributed by atoms with Gasteiger partial charge in [-0.3, -0.25) is 10.1 Å². The molecule has 0 aliphatic heterocycles. The van der Waals surface area contributed by atoms with Crippen LogP contribution in [0, 0.1) is 0 Å². The highest BCUT2D eigenvalue weighted by atomic mass is 16.2. The Kier molecular flexibility index (Phi) is 5.96. The van der Waals surface area contributed by atoms with Gasteiger partial charge in [0, 0.05) is 11.6 Å². The number of nitrogens with zero attached hydrogens (tertiary/aromatic N) is 2. The molecule has 1 heterocycles. The van der Waals surface area contributed by atoms with Crippen LogP contribution < -0.4 is 16.0 Å². The summed E-state index contributed by atoms with van der Waals surface area (Å²) in [6, 6.07) is 0.860. The van der Waals surface area contributed by atoms with E-state index < -0.39 is 12.1 Å². The Balaban J connectivity index is 2.60. The van der Waals surface area contributed by atoms with Gasteiger partial charge in [-0.1, -0.05) is 6.92 Å². The van der Waals surface area contributed by atoms with Crippen LogP contribution in [0.15, 0.2) is 12.3 Å². The third-order valence-corrected chi connectivity index (χ3v) is 3.16. The largest absolute Gasteiger partial charge is 0.350 e. The van der Waals surface area contributed by atoms with Gasteiger partial charge in [0.15, 0.2) is 0 Å². The van der Waals surface area contributed by atoms with Crippen molar-refractivity contribution in [1.29, 1.82) is 0 Å². The second-order valence-electron chi connectivity index (χ2n) is 6.48. The maximum Gasteiger partial charge on any atom is 0.321 e. The summed E-state index contributed by atoms with van der Waals surface area (Å²) in [7, 11) is 0.